The highest BCUT2D eigenvalue weighted by atomic mass is 16.6. The van der Waals surface area contributed by atoms with Crippen LogP contribution in [0.4, 0.5) is 10.5 Å². The lowest BCUT2D eigenvalue weighted by Gasteiger charge is -2.34. The Morgan fingerprint density at radius 2 is 1.58 bits per heavy atom. The Labute approximate surface area is 214 Å². The van der Waals surface area contributed by atoms with Crippen molar-refractivity contribution in [3.63, 3.8) is 0 Å². The van der Waals surface area contributed by atoms with Crippen LogP contribution in [0.25, 0.3) is 0 Å². The van der Waals surface area contributed by atoms with Gasteiger partial charge in [-0.25, -0.2) is 4.79 Å². The molecule has 1 fully saturated rings. The normalized spacial score (nSPS) is 15.0. The predicted molar refractivity (Wildman–Crippen MR) is 142 cm³/mol. The number of carbonyl (C=O) groups is 3. The van der Waals surface area contributed by atoms with Gasteiger partial charge in [-0.05, 0) is 90.5 Å². The van der Waals surface area contributed by atoms with Gasteiger partial charge in [-0.3, -0.25) is 9.59 Å². The van der Waals surface area contributed by atoms with Crippen LogP contribution in [0.1, 0.15) is 74.4 Å². The lowest BCUT2D eigenvalue weighted by atomic mass is 9.96. The molecule has 1 saturated carbocycles. The molecule has 2 atom stereocenters. The number of hydrogen-bond acceptors (Lipinski definition) is 4. The van der Waals surface area contributed by atoms with Gasteiger partial charge in [-0.15, -0.1) is 0 Å². The van der Waals surface area contributed by atoms with Crippen molar-refractivity contribution in [2.24, 2.45) is 0 Å². The highest BCUT2D eigenvalue weighted by Crippen LogP contribution is 2.37. The number of nitrogens with zero attached hydrogens (tertiary/aromatic N) is 1. The maximum Gasteiger partial charge on any atom is 0.408 e. The first-order valence-corrected chi connectivity index (χ1v) is 12.5. The summed E-state index contributed by atoms with van der Waals surface area (Å²) in [6, 6.07) is 9.98. The molecule has 2 aromatic carbocycles. The Hall–Kier alpha value is -3.35. The van der Waals surface area contributed by atoms with E-state index in [-0.39, 0.29) is 17.9 Å². The molecule has 3 amide bonds. The van der Waals surface area contributed by atoms with Crippen molar-refractivity contribution >= 4 is 23.6 Å². The lowest BCUT2D eigenvalue weighted by molar-refractivity contribution is -0.141. The van der Waals surface area contributed by atoms with E-state index in [1.54, 1.807) is 32.6 Å². The molecule has 2 unspecified atom stereocenters. The standard InChI is InChI=1S/C29H39N3O4/c1-17-12-15-23(20(4)16-17)25(26(33)31-24-18(2)10-9-11-19(24)3)32(22-13-14-22)27(34)21(5)30-28(35)36-29(6,7)8/h9-12,15-16,21-22,25H,13-14H2,1-8H3,(H,30,35)(H,31,33). The Kier molecular flexibility index (Phi) is 8.12. The number of ether oxygens (including phenoxy) is 1. The van der Waals surface area contributed by atoms with E-state index in [0.717, 1.165) is 46.3 Å². The highest BCUT2D eigenvalue weighted by Gasteiger charge is 2.43. The van der Waals surface area contributed by atoms with Gasteiger partial charge in [0.2, 0.25) is 5.91 Å². The first-order chi connectivity index (χ1) is 16.8. The van der Waals surface area contributed by atoms with Crippen LogP contribution in [-0.4, -0.2) is 40.5 Å². The van der Waals surface area contributed by atoms with Gasteiger partial charge >= 0.3 is 6.09 Å². The number of alkyl carbamates (subject to hydrolysis) is 1. The van der Waals surface area contributed by atoms with E-state index >= 15 is 0 Å². The van der Waals surface area contributed by atoms with Crippen molar-refractivity contribution in [3.05, 3.63) is 64.2 Å². The van der Waals surface area contributed by atoms with Gasteiger partial charge in [-0.2, -0.15) is 0 Å². The van der Waals surface area contributed by atoms with Gasteiger partial charge in [0.1, 0.15) is 17.7 Å². The summed E-state index contributed by atoms with van der Waals surface area (Å²) in [4.78, 5) is 41.8. The average Bonchev–Trinajstić information content (AvgIpc) is 3.58. The summed E-state index contributed by atoms with van der Waals surface area (Å²) in [6.45, 7) is 14.8. The lowest BCUT2D eigenvalue weighted by Crippen LogP contribution is -2.52. The number of amides is 3. The minimum absolute atomic E-state index is 0.0743. The number of benzene rings is 2. The summed E-state index contributed by atoms with van der Waals surface area (Å²) in [6.07, 6.45) is 0.952. The van der Waals surface area contributed by atoms with Gasteiger partial charge in [0.05, 0.1) is 0 Å². The third kappa shape index (κ3) is 6.65. The Balaban J connectivity index is 1.98. The summed E-state index contributed by atoms with van der Waals surface area (Å²) < 4.78 is 5.34. The van der Waals surface area contributed by atoms with Gasteiger partial charge < -0.3 is 20.3 Å². The Bertz CT molecular complexity index is 1130. The minimum Gasteiger partial charge on any atom is -0.444 e. The van der Waals surface area contributed by atoms with Crippen LogP contribution in [0.5, 0.6) is 0 Å². The van der Waals surface area contributed by atoms with Gasteiger partial charge in [0, 0.05) is 11.7 Å². The summed E-state index contributed by atoms with van der Waals surface area (Å²) in [7, 11) is 0. The second-order valence-electron chi connectivity index (χ2n) is 10.9. The number of carbonyl (C=O) groups excluding carboxylic acids is 3. The molecular formula is C29H39N3O4. The zero-order valence-corrected chi connectivity index (χ0v) is 22.7. The quantitative estimate of drug-likeness (QED) is 0.533. The Morgan fingerprint density at radius 3 is 2.11 bits per heavy atom. The van der Waals surface area contributed by atoms with Crippen LogP contribution < -0.4 is 10.6 Å². The number of para-hydroxylation sites is 1. The van der Waals surface area contributed by atoms with Crippen molar-refractivity contribution in [1.29, 1.82) is 0 Å². The van der Waals surface area contributed by atoms with Crippen LogP contribution in [0.15, 0.2) is 36.4 Å². The van der Waals surface area contributed by atoms with Crippen LogP contribution in [0, 0.1) is 27.7 Å². The molecule has 2 N–H and O–H groups in total. The van der Waals surface area contributed by atoms with E-state index in [2.05, 4.69) is 10.6 Å². The molecule has 0 saturated heterocycles. The molecule has 0 aliphatic heterocycles. The molecule has 0 radical (unpaired) electrons. The summed E-state index contributed by atoms with van der Waals surface area (Å²) >= 11 is 0. The first kappa shape index (κ1) is 27.2. The van der Waals surface area contributed by atoms with Crippen LogP contribution in [0.2, 0.25) is 0 Å². The van der Waals surface area contributed by atoms with Gasteiger partial charge in [-0.1, -0.05) is 42.0 Å². The van der Waals surface area contributed by atoms with Crippen molar-refractivity contribution < 1.29 is 19.1 Å². The Morgan fingerprint density at radius 1 is 0.972 bits per heavy atom. The molecule has 7 heteroatoms. The predicted octanol–water partition coefficient (Wildman–Crippen LogP) is 5.50. The fourth-order valence-corrected chi connectivity index (χ4v) is 4.39. The maximum absolute atomic E-state index is 13.9. The van der Waals surface area contributed by atoms with E-state index in [9.17, 15) is 14.4 Å². The number of nitrogens with one attached hydrogen (secondary N) is 2. The fourth-order valence-electron chi connectivity index (χ4n) is 4.39. The third-order valence-electron chi connectivity index (χ3n) is 6.27. The van der Waals surface area contributed by atoms with Crippen LogP contribution in [0.3, 0.4) is 0 Å². The van der Waals surface area contributed by atoms with E-state index in [4.69, 9.17) is 4.74 Å². The monoisotopic (exact) mass is 493 g/mol. The number of rotatable bonds is 7. The molecule has 2 aromatic rings. The molecular weight excluding hydrogens is 454 g/mol. The average molecular weight is 494 g/mol. The molecule has 0 heterocycles. The second kappa shape index (κ2) is 10.7. The largest absolute Gasteiger partial charge is 0.444 e. The summed E-state index contributed by atoms with van der Waals surface area (Å²) in [5.41, 5.74) is 4.75. The molecule has 1 aliphatic rings. The number of anilines is 1. The zero-order chi connectivity index (χ0) is 26.8. The summed E-state index contributed by atoms with van der Waals surface area (Å²) in [5.74, 6) is -0.589. The van der Waals surface area contributed by atoms with Crippen molar-refractivity contribution in [1.82, 2.24) is 10.2 Å². The van der Waals surface area contributed by atoms with E-state index < -0.39 is 23.8 Å². The van der Waals surface area contributed by atoms with Gasteiger partial charge in [0.15, 0.2) is 0 Å². The molecule has 1 aliphatic carbocycles. The molecule has 7 nitrogen and oxygen atoms in total. The number of hydrogen-bond donors (Lipinski definition) is 2. The van der Waals surface area contributed by atoms with E-state index in [0.29, 0.717) is 0 Å². The molecule has 0 aromatic heterocycles. The molecule has 0 spiro atoms. The molecule has 0 bridgehead atoms. The maximum atomic E-state index is 13.9. The SMILES string of the molecule is Cc1ccc(C(C(=O)Nc2c(C)cccc2C)N(C(=O)C(C)NC(=O)OC(C)(C)C)C2CC2)c(C)c1. The summed E-state index contributed by atoms with van der Waals surface area (Å²) in [5, 5.41) is 5.75. The first-order valence-electron chi connectivity index (χ1n) is 12.5. The zero-order valence-electron chi connectivity index (χ0n) is 22.7. The van der Waals surface area contributed by atoms with Crippen LogP contribution >= 0.6 is 0 Å². The van der Waals surface area contributed by atoms with Crippen molar-refractivity contribution in [3.8, 4) is 0 Å². The van der Waals surface area contributed by atoms with Crippen molar-refractivity contribution in [2.75, 3.05) is 5.32 Å². The molecule has 3 rings (SSSR count). The molecule has 194 valence electrons. The van der Waals surface area contributed by atoms with E-state index in [1.807, 2.05) is 64.1 Å². The van der Waals surface area contributed by atoms with Crippen LogP contribution in [-0.2, 0) is 14.3 Å². The molecule has 36 heavy (non-hydrogen) atoms. The van der Waals surface area contributed by atoms with Crippen molar-refractivity contribution in [2.45, 2.75) is 92.0 Å². The van der Waals surface area contributed by atoms with E-state index in [1.165, 1.54) is 0 Å². The minimum atomic E-state index is -0.860. The smallest absolute Gasteiger partial charge is 0.408 e. The topological polar surface area (TPSA) is 87.7 Å². The fraction of sp³-hybridized carbons (Fsp3) is 0.483. The second-order valence-corrected chi connectivity index (χ2v) is 10.9. The van der Waals surface area contributed by atoms with Gasteiger partial charge in [0.25, 0.3) is 5.91 Å². The highest BCUT2D eigenvalue weighted by molar-refractivity contribution is 6.00. The number of aryl methyl sites for hydroxylation is 4. The third-order valence-corrected chi connectivity index (χ3v) is 6.27.